The van der Waals surface area contributed by atoms with Crippen LogP contribution >= 0.6 is 0 Å². The van der Waals surface area contributed by atoms with E-state index in [9.17, 15) is 14.4 Å². The minimum absolute atomic E-state index is 0.0735. The number of allylic oxidation sites excluding steroid dienone is 12. The molecule has 0 saturated heterocycles. The molecule has 6 nitrogen and oxygen atoms in total. The summed E-state index contributed by atoms with van der Waals surface area (Å²) in [4.78, 5) is 38.4. The Bertz CT molecular complexity index is 1420. The van der Waals surface area contributed by atoms with Crippen molar-refractivity contribution in [3.05, 3.63) is 72.9 Å². The number of unbranched alkanes of at least 4 members (excludes halogenated alkanes) is 38. The van der Waals surface area contributed by atoms with E-state index in [-0.39, 0.29) is 31.1 Å². The molecule has 0 amide bonds. The molecule has 0 bridgehead atoms. The summed E-state index contributed by atoms with van der Waals surface area (Å²) in [5, 5.41) is 0. The fourth-order valence-electron chi connectivity index (χ4n) is 9.70. The molecule has 0 rings (SSSR count). The van der Waals surface area contributed by atoms with E-state index in [2.05, 4.69) is 93.7 Å². The minimum atomic E-state index is -0.778. The fraction of sp³-hybridized carbons (Fsp3) is 0.789. The van der Waals surface area contributed by atoms with E-state index in [1.54, 1.807) is 0 Å². The third kappa shape index (κ3) is 63.6. The van der Waals surface area contributed by atoms with E-state index in [0.29, 0.717) is 19.3 Å². The van der Waals surface area contributed by atoms with E-state index < -0.39 is 6.10 Å². The molecular weight excluding hydrogens is 949 g/mol. The molecule has 0 spiro atoms. The molecule has 0 saturated carbocycles. The van der Waals surface area contributed by atoms with Gasteiger partial charge in [0, 0.05) is 19.3 Å². The summed E-state index contributed by atoms with van der Waals surface area (Å²) in [7, 11) is 0. The predicted molar refractivity (Wildman–Crippen MR) is 335 cm³/mol. The average molecular weight is 1080 g/mol. The van der Waals surface area contributed by atoms with Crippen molar-refractivity contribution < 1.29 is 28.6 Å². The summed E-state index contributed by atoms with van der Waals surface area (Å²) in [5.74, 6) is -0.862. The van der Waals surface area contributed by atoms with E-state index in [4.69, 9.17) is 14.2 Å². The van der Waals surface area contributed by atoms with Crippen molar-refractivity contribution in [1.29, 1.82) is 0 Å². The highest BCUT2D eigenvalue weighted by Crippen LogP contribution is 2.17. The molecule has 0 aromatic rings. The first-order valence-electron chi connectivity index (χ1n) is 33.4. The lowest BCUT2D eigenvalue weighted by atomic mass is 10.0. The Morgan fingerprint density at radius 1 is 0.273 bits per heavy atom. The van der Waals surface area contributed by atoms with Crippen LogP contribution in [0.25, 0.3) is 0 Å². The van der Waals surface area contributed by atoms with Gasteiger partial charge in [0.2, 0.25) is 0 Å². The number of ether oxygens (including phenoxy) is 3. The quantitative estimate of drug-likeness (QED) is 0.0261. The largest absolute Gasteiger partial charge is 0.462 e. The highest BCUT2D eigenvalue weighted by atomic mass is 16.6. The van der Waals surface area contributed by atoms with Gasteiger partial charge in [-0.15, -0.1) is 0 Å². The third-order valence-electron chi connectivity index (χ3n) is 14.7. The van der Waals surface area contributed by atoms with Crippen molar-refractivity contribution >= 4 is 17.9 Å². The maximum Gasteiger partial charge on any atom is 0.306 e. The lowest BCUT2D eigenvalue weighted by Crippen LogP contribution is -2.30. The van der Waals surface area contributed by atoms with Crippen LogP contribution in [0.2, 0.25) is 0 Å². The Kier molecular flexibility index (Phi) is 62.7. The molecule has 446 valence electrons. The Balaban J connectivity index is 4.29. The minimum Gasteiger partial charge on any atom is -0.462 e. The SMILES string of the molecule is CC/C=C\C/C=C\C/C=C\C/C=C\C/C=C\CCCCCCCCCCCCCC(=O)OCC(COC(=O)CCCCCCCCCCCCCCCC)OC(=O)CCCCCCCCC/C=C\CCCCCCCCC. The van der Waals surface area contributed by atoms with Gasteiger partial charge in [0.05, 0.1) is 0 Å². The lowest BCUT2D eigenvalue weighted by Gasteiger charge is -2.18. The highest BCUT2D eigenvalue weighted by molar-refractivity contribution is 5.71. The van der Waals surface area contributed by atoms with Crippen molar-refractivity contribution in [3.8, 4) is 0 Å². The zero-order chi connectivity index (χ0) is 55.7. The van der Waals surface area contributed by atoms with Crippen LogP contribution in [0, 0.1) is 0 Å². The predicted octanol–water partition coefficient (Wildman–Crippen LogP) is 22.9. The standard InChI is InChI=1S/C71H126O6/c1-4-7-10-13-16-19-22-25-28-30-32-33-34-35-36-37-38-39-40-42-43-46-49-52-55-58-61-64-70(73)76-67-68(66-75-69(72)63-60-57-54-51-48-45-27-24-21-18-15-12-9-6-3)77-71(74)65-62-59-56-53-50-47-44-41-31-29-26-23-20-17-14-11-8-5-2/h7,10,16,19,25,28-29,31-33,35-36,68H,4-6,8-9,11-15,17-18,20-24,26-27,30,34,37-67H2,1-3H3/b10-7-,19-16-,28-25-,31-29-,33-32-,36-35-. The van der Waals surface area contributed by atoms with Crippen LogP contribution in [0.1, 0.15) is 342 Å². The second-order valence-electron chi connectivity index (χ2n) is 22.4. The van der Waals surface area contributed by atoms with Crippen molar-refractivity contribution in [2.24, 2.45) is 0 Å². The topological polar surface area (TPSA) is 78.9 Å². The van der Waals surface area contributed by atoms with E-state index in [1.165, 1.54) is 212 Å². The molecule has 0 aromatic heterocycles. The second kappa shape index (κ2) is 65.4. The summed E-state index contributed by atoms with van der Waals surface area (Å²) in [5.41, 5.74) is 0. The van der Waals surface area contributed by atoms with Crippen LogP contribution in [0.4, 0.5) is 0 Å². The zero-order valence-corrected chi connectivity index (χ0v) is 51.2. The molecule has 77 heavy (non-hydrogen) atoms. The second-order valence-corrected chi connectivity index (χ2v) is 22.4. The summed E-state index contributed by atoms with van der Waals surface area (Å²) in [6, 6.07) is 0. The number of esters is 3. The van der Waals surface area contributed by atoms with Crippen LogP contribution in [0.15, 0.2) is 72.9 Å². The molecule has 1 unspecified atom stereocenters. The molecule has 0 aromatic carbocycles. The monoisotopic (exact) mass is 1070 g/mol. The van der Waals surface area contributed by atoms with Gasteiger partial charge in [0.25, 0.3) is 0 Å². The number of carbonyl (C=O) groups excluding carboxylic acids is 3. The molecule has 0 aliphatic rings. The molecule has 0 N–H and O–H groups in total. The van der Waals surface area contributed by atoms with Crippen molar-refractivity contribution in [2.45, 2.75) is 348 Å². The van der Waals surface area contributed by atoms with Crippen LogP contribution < -0.4 is 0 Å². The number of carbonyl (C=O) groups is 3. The molecule has 0 fully saturated rings. The first-order valence-corrected chi connectivity index (χ1v) is 33.4. The van der Waals surface area contributed by atoms with Crippen molar-refractivity contribution in [3.63, 3.8) is 0 Å². The molecule has 1 atom stereocenters. The van der Waals surface area contributed by atoms with Gasteiger partial charge >= 0.3 is 17.9 Å². The first kappa shape index (κ1) is 73.8. The van der Waals surface area contributed by atoms with Gasteiger partial charge in [-0.05, 0) is 89.9 Å². The van der Waals surface area contributed by atoms with Crippen LogP contribution in [-0.2, 0) is 28.6 Å². The molecule has 0 aliphatic carbocycles. The number of hydrogen-bond donors (Lipinski definition) is 0. The normalized spacial score (nSPS) is 12.5. The molecule has 0 aliphatic heterocycles. The number of rotatable bonds is 61. The maximum atomic E-state index is 12.9. The van der Waals surface area contributed by atoms with Gasteiger partial charge in [-0.2, -0.15) is 0 Å². The summed E-state index contributed by atoms with van der Waals surface area (Å²) in [6.45, 7) is 6.57. The Labute approximate surface area is 478 Å². The van der Waals surface area contributed by atoms with Crippen molar-refractivity contribution in [2.75, 3.05) is 13.2 Å². The van der Waals surface area contributed by atoms with E-state index in [1.807, 2.05) is 0 Å². The Morgan fingerprint density at radius 2 is 0.506 bits per heavy atom. The maximum absolute atomic E-state index is 12.9. The average Bonchev–Trinajstić information content (AvgIpc) is 3.43. The van der Waals surface area contributed by atoms with Gasteiger partial charge in [0.1, 0.15) is 13.2 Å². The first-order chi connectivity index (χ1) is 38.0. The molecule has 0 heterocycles. The summed E-state index contributed by atoms with van der Waals surface area (Å²) < 4.78 is 17.0. The third-order valence-corrected chi connectivity index (χ3v) is 14.7. The van der Waals surface area contributed by atoms with E-state index >= 15 is 0 Å². The summed E-state index contributed by atoms with van der Waals surface area (Å²) >= 11 is 0. The van der Waals surface area contributed by atoms with Gasteiger partial charge < -0.3 is 14.2 Å². The van der Waals surface area contributed by atoms with Gasteiger partial charge in [-0.3, -0.25) is 14.4 Å². The van der Waals surface area contributed by atoms with Gasteiger partial charge in [0.15, 0.2) is 6.10 Å². The zero-order valence-electron chi connectivity index (χ0n) is 51.2. The van der Waals surface area contributed by atoms with Crippen LogP contribution in [0.5, 0.6) is 0 Å². The summed E-state index contributed by atoms with van der Waals surface area (Å²) in [6.07, 6.45) is 84.8. The van der Waals surface area contributed by atoms with Crippen molar-refractivity contribution in [1.82, 2.24) is 0 Å². The van der Waals surface area contributed by atoms with Gasteiger partial charge in [-0.25, -0.2) is 0 Å². The fourth-order valence-corrected chi connectivity index (χ4v) is 9.70. The van der Waals surface area contributed by atoms with E-state index in [0.717, 1.165) is 89.9 Å². The van der Waals surface area contributed by atoms with Crippen LogP contribution in [0.3, 0.4) is 0 Å². The van der Waals surface area contributed by atoms with Gasteiger partial charge in [-0.1, -0.05) is 306 Å². The number of hydrogen-bond acceptors (Lipinski definition) is 6. The van der Waals surface area contributed by atoms with Crippen LogP contribution in [-0.4, -0.2) is 37.2 Å². The Hall–Kier alpha value is -3.15. The molecule has 0 radical (unpaired) electrons. The lowest BCUT2D eigenvalue weighted by molar-refractivity contribution is -0.167. The molecular formula is C71H126O6. The Morgan fingerprint density at radius 3 is 0.805 bits per heavy atom. The highest BCUT2D eigenvalue weighted by Gasteiger charge is 2.19. The smallest absolute Gasteiger partial charge is 0.306 e. The molecule has 6 heteroatoms.